The summed E-state index contributed by atoms with van der Waals surface area (Å²) in [5.74, 6) is 1.69. The fourth-order valence-corrected chi connectivity index (χ4v) is 2.76. The van der Waals surface area contributed by atoms with Crippen molar-refractivity contribution >= 4 is 32.9 Å². The van der Waals surface area contributed by atoms with Crippen LogP contribution in [0.5, 0.6) is 5.75 Å². The summed E-state index contributed by atoms with van der Waals surface area (Å²) in [6, 6.07) is 11.5. The highest BCUT2D eigenvalue weighted by atomic mass is 32.1. The van der Waals surface area contributed by atoms with Crippen LogP contribution in [0.15, 0.2) is 48.0 Å². The van der Waals surface area contributed by atoms with Gasteiger partial charge in [0, 0.05) is 28.0 Å². The molecule has 0 saturated heterocycles. The number of hydrogen-bond acceptors (Lipinski definition) is 5. The first-order chi connectivity index (χ1) is 9.83. The molecule has 102 valence electrons. The molecule has 2 heterocycles. The third-order valence-corrected chi connectivity index (χ3v) is 3.78. The van der Waals surface area contributed by atoms with Gasteiger partial charge in [-0.2, -0.15) is 0 Å². The van der Waals surface area contributed by atoms with Crippen LogP contribution in [0.2, 0.25) is 0 Å². The molecule has 1 aromatic carbocycles. The molecule has 3 rings (SSSR count). The summed E-state index contributed by atoms with van der Waals surface area (Å²) in [6.07, 6.45) is 1.82. The Balaban J connectivity index is 1.56. The highest BCUT2D eigenvalue weighted by molar-refractivity contribution is 7.17. The minimum Gasteiger partial charge on any atom is -0.492 e. The minimum absolute atomic E-state index is 0.561. The van der Waals surface area contributed by atoms with E-state index in [0.29, 0.717) is 18.8 Å². The maximum Gasteiger partial charge on any atom is 0.134 e. The summed E-state index contributed by atoms with van der Waals surface area (Å²) in [5, 5.41) is 6.52. The SMILES string of the molecule is Nc1cccc(OCCNc2nccc3sccc23)c1. The van der Waals surface area contributed by atoms with Gasteiger partial charge in [-0.1, -0.05) is 6.07 Å². The monoisotopic (exact) mass is 285 g/mol. The minimum atomic E-state index is 0.561. The van der Waals surface area contributed by atoms with E-state index < -0.39 is 0 Å². The molecule has 0 radical (unpaired) electrons. The van der Waals surface area contributed by atoms with E-state index in [1.807, 2.05) is 36.5 Å². The second-order valence-corrected chi connectivity index (χ2v) is 5.29. The van der Waals surface area contributed by atoms with Gasteiger partial charge in [-0.3, -0.25) is 0 Å². The molecule has 0 fully saturated rings. The van der Waals surface area contributed by atoms with E-state index in [2.05, 4.69) is 21.7 Å². The Kier molecular flexibility index (Phi) is 3.69. The molecule has 0 bridgehead atoms. The summed E-state index contributed by atoms with van der Waals surface area (Å²) >= 11 is 1.71. The molecule has 0 atom stereocenters. The van der Waals surface area contributed by atoms with Gasteiger partial charge in [0.15, 0.2) is 0 Å². The molecular weight excluding hydrogens is 270 g/mol. The van der Waals surface area contributed by atoms with Gasteiger partial charge in [0.2, 0.25) is 0 Å². The number of pyridine rings is 1. The summed E-state index contributed by atoms with van der Waals surface area (Å²) in [6.45, 7) is 1.25. The largest absolute Gasteiger partial charge is 0.492 e. The van der Waals surface area contributed by atoms with E-state index in [1.54, 1.807) is 11.3 Å². The van der Waals surface area contributed by atoms with Crippen LogP contribution in [0.4, 0.5) is 11.5 Å². The van der Waals surface area contributed by atoms with Crippen molar-refractivity contribution in [2.24, 2.45) is 0 Å². The maximum atomic E-state index is 5.70. The molecule has 0 aliphatic carbocycles. The van der Waals surface area contributed by atoms with Gasteiger partial charge in [0.1, 0.15) is 18.2 Å². The Bertz CT molecular complexity index is 711. The zero-order valence-electron chi connectivity index (χ0n) is 10.9. The third-order valence-electron chi connectivity index (χ3n) is 2.90. The Morgan fingerprint density at radius 3 is 3.10 bits per heavy atom. The number of anilines is 2. The summed E-state index contributed by atoms with van der Waals surface area (Å²) < 4.78 is 6.87. The van der Waals surface area contributed by atoms with Crippen molar-refractivity contribution in [2.75, 3.05) is 24.2 Å². The predicted molar refractivity (Wildman–Crippen MR) is 84.5 cm³/mol. The Morgan fingerprint density at radius 1 is 1.25 bits per heavy atom. The number of nitrogen functional groups attached to an aromatic ring is 1. The zero-order chi connectivity index (χ0) is 13.8. The third kappa shape index (κ3) is 2.83. The van der Waals surface area contributed by atoms with Gasteiger partial charge in [-0.05, 0) is 29.6 Å². The standard InChI is InChI=1S/C15H15N3OS/c16-11-2-1-3-12(10-11)19-8-7-18-15-13-5-9-20-14(13)4-6-17-15/h1-6,9-10H,7-8,16H2,(H,17,18). The number of aromatic nitrogens is 1. The highest BCUT2D eigenvalue weighted by Gasteiger charge is 2.02. The fourth-order valence-electron chi connectivity index (χ4n) is 1.98. The molecule has 2 aromatic heterocycles. The lowest BCUT2D eigenvalue weighted by Gasteiger charge is -2.09. The van der Waals surface area contributed by atoms with E-state index in [4.69, 9.17) is 10.5 Å². The van der Waals surface area contributed by atoms with Crippen LogP contribution in [0.3, 0.4) is 0 Å². The first kappa shape index (κ1) is 12.7. The normalized spacial score (nSPS) is 10.6. The fraction of sp³-hybridized carbons (Fsp3) is 0.133. The lowest BCUT2D eigenvalue weighted by atomic mass is 10.3. The van der Waals surface area contributed by atoms with Crippen molar-refractivity contribution in [3.8, 4) is 5.75 Å². The van der Waals surface area contributed by atoms with Crippen molar-refractivity contribution < 1.29 is 4.74 Å². The van der Waals surface area contributed by atoms with Gasteiger partial charge in [-0.15, -0.1) is 11.3 Å². The van der Waals surface area contributed by atoms with Gasteiger partial charge >= 0.3 is 0 Å². The Morgan fingerprint density at radius 2 is 2.20 bits per heavy atom. The van der Waals surface area contributed by atoms with E-state index >= 15 is 0 Å². The first-order valence-corrected chi connectivity index (χ1v) is 7.25. The van der Waals surface area contributed by atoms with E-state index in [0.717, 1.165) is 17.0 Å². The quantitative estimate of drug-likeness (QED) is 0.557. The van der Waals surface area contributed by atoms with Crippen LogP contribution in [0.25, 0.3) is 10.1 Å². The van der Waals surface area contributed by atoms with Crippen molar-refractivity contribution in [1.29, 1.82) is 0 Å². The van der Waals surface area contributed by atoms with Crippen molar-refractivity contribution in [3.05, 3.63) is 48.0 Å². The molecule has 4 nitrogen and oxygen atoms in total. The lowest BCUT2D eigenvalue weighted by Crippen LogP contribution is -2.12. The number of fused-ring (bicyclic) bond motifs is 1. The van der Waals surface area contributed by atoms with Crippen LogP contribution in [0, 0.1) is 0 Å². The molecule has 0 spiro atoms. The van der Waals surface area contributed by atoms with Crippen LogP contribution < -0.4 is 15.8 Å². The molecule has 20 heavy (non-hydrogen) atoms. The van der Waals surface area contributed by atoms with Gasteiger partial charge < -0.3 is 15.8 Å². The summed E-state index contributed by atoms with van der Waals surface area (Å²) in [4.78, 5) is 4.36. The van der Waals surface area contributed by atoms with Crippen LogP contribution in [-0.2, 0) is 0 Å². The summed E-state index contributed by atoms with van der Waals surface area (Å²) in [7, 11) is 0. The maximum absolute atomic E-state index is 5.70. The van der Waals surface area contributed by atoms with Crippen LogP contribution >= 0.6 is 11.3 Å². The number of nitrogens with one attached hydrogen (secondary N) is 1. The smallest absolute Gasteiger partial charge is 0.134 e. The van der Waals surface area contributed by atoms with Crippen molar-refractivity contribution in [2.45, 2.75) is 0 Å². The number of ether oxygens (including phenoxy) is 1. The second kappa shape index (κ2) is 5.79. The van der Waals surface area contributed by atoms with Gasteiger partial charge in [-0.25, -0.2) is 4.98 Å². The zero-order valence-corrected chi connectivity index (χ0v) is 11.7. The Hall–Kier alpha value is -2.27. The van der Waals surface area contributed by atoms with Crippen molar-refractivity contribution in [1.82, 2.24) is 4.98 Å². The molecule has 0 aliphatic heterocycles. The molecule has 5 heteroatoms. The van der Waals surface area contributed by atoms with E-state index in [-0.39, 0.29) is 0 Å². The average molecular weight is 285 g/mol. The average Bonchev–Trinajstić information content (AvgIpc) is 2.93. The molecule has 0 saturated carbocycles. The second-order valence-electron chi connectivity index (χ2n) is 4.34. The van der Waals surface area contributed by atoms with Crippen LogP contribution in [-0.4, -0.2) is 18.1 Å². The molecule has 0 amide bonds. The van der Waals surface area contributed by atoms with E-state index in [9.17, 15) is 0 Å². The van der Waals surface area contributed by atoms with E-state index in [1.165, 1.54) is 4.70 Å². The first-order valence-electron chi connectivity index (χ1n) is 6.37. The lowest BCUT2D eigenvalue weighted by molar-refractivity contribution is 0.333. The topological polar surface area (TPSA) is 60.2 Å². The molecule has 3 N–H and O–H groups in total. The molecular formula is C15H15N3OS. The van der Waals surface area contributed by atoms with Crippen LogP contribution in [0.1, 0.15) is 0 Å². The number of nitrogens with zero attached hydrogens (tertiary/aromatic N) is 1. The Labute approximate surface area is 121 Å². The molecule has 0 aliphatic rings. The van der Waals surface area contributed by atoms with Gasteiger partial charge in [0.05, 0.1) is 6.54 Å². The molecule has 3 aromatic rings. The number of benzene rings is 1. The number of hydrogen-bond donors (Lipinski definition) is 2. The predicted octanol–water partition coefficient (Wildman–Crippen LogP) is 3.37. The van der Waals surface area contributed by atoms with Gasteiger partial charge in [0.25, 0.3) is 0 Å². The summed E-state index contributed by atoms with van der Waals surface area (Å²) in [5.41, 5.74) is 6.41. The number of nitrogens with two attached hydrogens (primary N) is 1. The highest BCUT2D eigenvalue weighted by Crippen LogP contribution is 2.25. The number of rotatable bonds is 5. The number of thiophene rings is 1. The molecule has 0 unspecified atom stereocenters. The van der Waals surface area contributed by atoms with Crippen molar-refractivity contribution in [3.63, 3.8) is 0 Å².